The zero-order valence-electron chi connectivity index (χ0n) is 28.4. The number of carbonyl (C=O) groups excluding carboxylic acids is 2. The molecule has 0 bridgehead atoms. The summed E-state index contributed by atoms with van der Waals surface area (Å²) in [7, 11) is 0. The van der Waals surface area contributed by atoms with Crippen LogP contribution in [0.15, 0.2) is 12.2 Å². The van der Waals surface area contributed by atoms with Crippen LogP contribution in [0.25, 0.3) is 0 Å². The average Bonchev–Trinajstić information content (AvgIpc) is 2.98. The first kappa shape index (κ1) is 40.8. The van der Waals surface area contributed by atoms with E-state index in [4.69, 9.17) is 5.73 Å². The third kappa shape index (κ3) is 25.3. The summed E-state index contributed by atoms with van der Waals surface area (Å²) in [6, 6.07) is 0. The Hall–Kier alpha value is -1.16. The highest BCUT2D eigenvalue weighted by atomic mass is 16.3. The maximum atomic E-state index is 12.7. The van der Waals surface area contributed by atoms with Crippen LogP contribution >= 0.6 is 0 Å². The molecular formula is C38H73NO3. The van der Waals surface area contributed by atoms with Gasteiger partial charge in [-0.25, -0.2) is 0 Å². The third-order valence-electron chi connectivity index (χ3n) is 9.02. The zero-order chi connectivity index (χ0) is 31.0. The minimum absolute atomic E-state index is 0.176. The number of allylic oxidation sites excluding steroid dienone is 2. The molecule has 0 aromatic carbocycles. The summed E-state index contributed by atoms with van der Waals surface area (Å²) >= 11 is 0. The molecule has 4 nitrogen and oxygen atoms in total. The molecule has 248 valence electrons. The van der Waals surface area contributed by atoms with Gasteiger partial charge in [0.15, 0.2) is 5.78 Å². The Balaban J connectivity index is 3.66. The van der Waals surface area contributed by atoms with Gasteiger partial charge in [-0.2, -0.15) is 0 Å². The molecule has 1 unspecified atom stereocenters. The Kier molecular flexibility index (Phi) is 30.4. The Labute approximate surface area is 262 Å². The quantitative estimate of drug-likeness (QED) is 0.0443. The molecule has 1 atom stereocenters. The monoisotopic (exact) mass is 592 g/mol. The first-order chi connectivity index (χ1) is 20.5. The van der Waals surface area contributed by atoms with Crippen molar-refractivity contribution in [2.24, 2.45) is 5.73 Å². The predicted octanol–water partition coefficient (Wildman–Crippen LogP) is 11.5. The third-order valence-corrected chi connectivity index (χ3v) is 9.02. The van der Waals surface area contributed by atoms with Gasteiger partial charge >= 0.3 is 0 Å². The number of amides is 1. The van der Waals surface area contributed by atoms with Gasteiger partial charge in [0.2, 0.25) is 5.60 Å². The Morgan fingerprint density at radius 3 is 1.24 bits per heavy atom. The van der Waals surface area contributed by atoms with E-state index in [2.05, 4.69) is 26.0 Å². The topological polar surface area (TPSA) is 80.4 Å². The van der Waals surface area contributed by atoms with Crippen molar-refractivity contribution in [3.05, 3.63) is 12.2 Å². The fourth-order valence-electron chi connectivity index (χ4n) is 6.02. The van der Waals surface area contributed by atoms with Gasteiger partial charge in [-0.3, -0.25) is 9.59 Å². The minimum Gasteiger partial charge on any atom is -0.373 e. The number of nitrogens with two attached hydrogens (primary N) is 1. The molecular weight excluding hydrogens is 518 g/mol. The number of ketones is 1. The summed E-state index contributed by atoms with van der Waals surface area (Å²) in [6.45, 7) is 4.36. The number of rotatable bonds is 34. The molecule has 0 fully saturated rings. The summed E-state index contributed by atoms with van der Waals surface area (Å²) in [6.07, 6.45) is 41.1. The van der Waals surface area contributed by atoms with Crippen molar-refractivity contribution in [2.75, 3.05) is 0 Å². The largest absolute Gasteiger partial charge is 0.373 e. The van der Waals surface area contributed by atoms with E-state index in [1.54, 1.807) is 0 Å². The number of Topliss-reactive ketones (excluding diaryl/α,β-unsaturated/α-hetero) is 1. The highest BCUT2D eigenvalue weighted by Crippen LogP contribution is 2.21. The Morgan fingerprint density at radius 2 is 0.881 bits per heavy atom. The van der Waals surface area contributed by atoms with E-state index >= 15 is 0 Å². The van der Waals surface area contributed by atoms with E-state index in [0.717, 1.165) is 32.1 Å². The standard InChI is InChI=1S/C38H73NO3/c1-3-5-7-9-11-13-15-17-19-20-21-22-24-26-28-30-32-34-36(40)38(42,37(39)41)35-33-31-29-27-25-23-18-16-14-12-10-8-6-4-2/h3,5,42H,4,6-35H2,1-2H3,(H2,39,41). The van der Waals surface area contributed by atoms with Crippen LogP contribution in [0.3, 0.4) is 0 Å². The molecule has 0 saturated heterocycles. The maximum Gasteiger partial charge on any atom is 0.257 e. The van der Waals surface area contributed by atoms with Crippen molar-refractivity contribution in [3.8, 4) is 0 Å². The maximum absolute atomic E-state index is 12.7. The van der Waals surface area contributed by atoms with Crippen molar-refractivity contribution < 1.29 is 14.7 Å². The fraction of sp³-hybridized carbons (Fsp3) is 0.895. The number of hydrogen-bond acceptors (Lipinski definition) is 3. The van der Waals surface area contributed by atoms with E-state index < -0.39 is 11.5 Å². The van der Waals surface area contributed by atoms with Crippen LogP contribution < -0.4 is 5.73 Å². The summed E-state index contributed by atoms with van der Waals surface area (Å²) in [5.74, 6) is -1.24. The van der Waals surface area contributed by atoms with Crippen LogP contribution in [-0.2, 0) is 9.59 Å². The lowest BCUT2D eigenvalue weighted by molar-refractivity contribution is -0.151. The van der Waals surface area contributed by atoms with Gasteiger partial charge < -0.3 is 10.8 Å². The number of aliphatic hydroxyl groups is 1. The Morgan fingerprint density at radius 1 is 0.548 bits per heavy atom. The van der Waals surface area contributed by atoms with E-state index in [1.807, 2.05) is 0 Å². The van der Waals surface area contributed by atoms with Gasteiger partial charge in [0.25, 0.3) is 5.91 Å². The summed E-state index contributed by atoms with van der Waals surface area (Å²) < 4.78 is 0. The smallest absolute Gasteiger partial charge is 0.257 e. The van der Waals surface area contributed by atoms with Crippen molar-refractivity contribution in [2.45, 2.75) is 218 Å². The SMILES string of the molecule is CC=CCCCCCCCCCCCCCCCCC(=O)C(O)(CCCCCCCCCCCCCCCC)C(N)=O. The summed E-state index contributed by atoms with van der Waals surface area (Å²) in [5, 5.41) is 10.8. The second kappa shape index (κ2) is 31.3. The summed E-state index contributed by atoms with van der Waals surface area (Å²) in [5.41, 5.74) is 3.51. The molecule has 0 aliphatic rings. The van der Waals surface area contributed by atoms with Crippen LogP contribution in [0.5, 0.6) is 0 Å². The zero-order valence-corrected chi connectivity index (χ0v) is 28.4. The van der Waals surface area contributed by atoms with Gasteiger partial charge in [0, 0.05) is 6.42 Å². The van der Waals surface area contributed by atoms with Crippen LogP contribution in [-0.4, -0.2) is 22.4 Å². The van der Waals surface area contributed by atoms with E-state index in [0.29, 0.717) is 6.42 Å². The highest BCUT2D eigenvalue weighted by molar-refractivity contribution is 6.08. The number of primary amides is 1. The highest BCUT2D eigenvalue weighted by Gasteiger charge is 2.40. The van der Waals surface area contributed by atoms with Crippen LogP contribution in [0.1, 0.15) is 213 Å². The van der Waals surface area contributed by atoms with Gasteiger partial charge in [0.05, 0.1) is 0 Å². The average molecular weight is 592 g/mol. The molecule has 0 saturated carbocycles. The lowest BCUT2D eigenvalue weighted by atomic mass is 9.87. The molecule has 3 N–H and O–H groups in total. The van der Waals surface area contributed by atoms with E-state index in [1.165, 1.54) is 148 Å². The Bertz CT molecular complexity index is 632. The van der Waals surface area contributed by atoms with Gasteiger partial charge in [-0.1, -0.05) is 180 Å². The van der Waals surface area contributed by atoms with Crippen LogP contribution in [0.2, 0.25) is 0 Å². The molecule has 0 heterocycles. The van der Waals surface area contributed by atoms with Gasteiger partial charge in [-0.15, -0.1) is 0 Å². The van der Waals surface area contributed by atoms with Gasteiger partial charge in [0.1, 0.15) is 0 Å². The molecule has 0 spiro atoms. The second-order valence-corrected chi connectivity index (χ2v) is 13.1. The number of hydrogen-bond donors (Lipinski definition) is 2. The van der Waals surface area contributed by atoms with Crippen molar-refractivity contribution in [1.82, 2.24) is 0 Å². The molecule has 42 heavy (non-hydrogen) atoms. The predicted molar refractivity (Wildman–Crippen MR) is 183 cm³/mol. The molecule has 0 radical (unpaired) electrons. The first-order valence-corrected chi connectivity index (χ1v) is 18.7. The molecule has 0 aromatic rings. The fourth-order valence-corrected chi connectivity index (χ4v) is 6.02. The van der Waals surface area contributed by atoms with Crippen LogP contribution in [0, 0.1) is 0 Å². The molecule has 1 amide bonds. The van der Waals surface area contributed by atoms with Crippen molar-refractivity contribution >= 4 is 11.7 Å². The molecule has 0 aliphatic carbocycles. The van der Waals surface area contributed by atoms with Crippen molar-refractivity contribution in [1.29, 1.82) is 0 Å². The first-order valence-electron chi connectivity index (χ1n) is 18.7. The number of unbranched alkanes of at least 4 members (excludes halogenated alkanes) is 27. The lowest BCUT2D eigenvalue weighted by Gasteiger charge is -2.23. The second-order valence-electron chi connectivity index (χ2n) is 13.1. The molecule has 4 heteroatoms. The molecule has 0 rings (SSSR count). The van der Waals surface area contributed by atoms with E-state index in [-0.39, 0.29) is 18.6 Å². The minimum atomic E-state index is -1.97. The van der Waals surface area contributed by atoms with Crippen molar-refractivity contribution in [3.63, 3.8) is 0 Å². The molecule has 0 aliphatic heterocycles. The normalized spacial score (nSPS) is 13.1. The lowest BCUT2D eigenvalue weighted by Crippen LogP contribution is -2.50. The summed E-state index contributed by atoms with van der Waals surface area (Å²) in [4.78, 5) is 24.6. The van der Waals surface area contributed by atoms with Gasteiger partial charge in [-0.05, 0) is 39.0 Å². The van der Waals surface area contributed by atoms with Crippen LogP contribution in [0.4, 0.5) is 0 Å². The van der Waals surface area contributed by atoms with E-state index in [9.17, 15) is 14.7 Å². The number of carbonyl (C=O) groups is 2. The molecule has 0 aromatic heterocycles.